The number of hydrogen-bond donors (Lipinski definition) is 1. The van der Waals surface area contributed by atoms with Crippen LogP contribution in [0.25, 0.3) is 21.9 Å². The van der Waals surface area contributed by atoms with Crippen molar-refractivity contribution in [3.05, 3.63) is 46.1 Å². The van der Waals surface area contributed by atoms with E-state index < -0.39 is 5.97 Å². The summed E-state index contributed by atoms with van der Waals surface area (Å²) in [6.45, 7) is 7.90. The van der Waals surface area contributed by atoms with E-state index in [1.165, 1.54) is 18.2 Å². The van der Waals surface area contributed by atoms with Crippen molar-refractivity contribution in [3.63, 3.8) is 0 Å². The van der Waals surface area contributed by atoms with E-state index >= 15 is 0 Å². The summed E-state index contributed by atoms with van der Waals surface area (Å²) in [5.74, 6) is -0.149. The first-order valence-electron chi connectivity index (χ1n) is 9.45. The van der Waals surface area contributed by atoms with Crippen LogP contribution >= 0.6 is 0 Å². The number of carboxylic acid groups (broad SMARTS) is 1. The molecule has 3 aromatic rings. The van der Waals surface area contributed by atoms with Crippen LogP contribution in [0.15, 0.2) is 39.5 Å². The van der Waals surface area contributed by atoms with Crippen LogP contribution < -0.4 is 14.9 Å². The monoisotopic (exact) mass is 384 g/mol. The Morgan fingerprint density at radius 1 is 1.04 bits per heavy atom. The molecule has 0 fully saturated rings. The van der Waals surface area contributed by atoms with Gasteiger partial charge in [0.15, 0.2) is 11.3 Å². The van der Waals surface area contributed by atoms with E-state index in [0.29, 0.717) is 28.1 Å². The zero-order chi connectivity index (χ0) is 20.4. The Balaban J connectivity index is 2.29. The number of hydrogen-bond acceptors (Lipinski definition) is 5. The van der Waals surface area contributed by atoms with Crippen molar-refractivity contribution in [1.82, 2.24) is 0 Å². The van der Waals surface area contributed by atoms with Crippen LogP contribution in [0.2, 0.25) is 0 Å². The molecule has 28 heavy (non-hydrogen) atoms. The molecule has 0 bridgehead atoms. The third-order valence-corrected chi connectivity index (χ3v) is 4.77. The van der Waals surface area contributed by atoms with Gasteiger partial charge in [-0.15, -0.1) is 0 Å². The van der Waals surface area contributed by atoms with Crippen LogP contribution in [0.4, 0.5) is 0 Å². The van der Waals surface area contributed by atoms with Gasteiger partial charge in [0.2, 0.25) is 5.43 Å². The number of ether oxygens (including phenoxy) is 2. The summed E-state index contributed by atoms with van der Waals surface area (Å²) in [5, 5.41) is 9.73. The molecule has 3 rings (SSSR count). The number of benzene rings is 2. The number of carboxylic acids is 1. The smallest absolute Gasteiger partial charge is 0.335 e. The van der Waals surface area contributed by atoms with Crippen molar-refractivity contribution >= 4 is 27.9 Å². The van der Waals surface area contributed by atoms with Crippen molar-refractivity contribution in [2.75, 3.05) is 0 Å². The fourth-order valence-corrected chi connectivity index (χ4v) is 2.81. The summed E-state index contributed by atoms with van der Waals surface area (Å²) >= 11 is 0. The van der Waals surface area contributed by atoms with Gasteiger partial charge in [-0.3, -0.25) is 4.79 Å². The Morgan fingerprint density at radius 3 is 2.36 bits per heavy atom. The first-order chi connectivity index (χ1) is 13.3. The Labute approximate surface area is 162 Å². The molecule has 0 aliphatic rings. The average Bonchev–Trinajstić information content (AvgIpc) is 2.68. The molecule has 0 saturated carbocycles. The maximum atomic E-state index is 13.1. The van der Waals surface area contributed by atoms with Gasteiger partial charge in [0.25, 0.3) is 0 Å². The second-order valence-corrected chi connectivity index (χ2v) is 6.92. The minimum absolute atomic E-state index is 0.0278. The molecule has 6 nitrogen and oxygen atoms in total. The zero-order valence-electron chi connectivity index (χ0n) is 16.4. The van der Waals surface area contributed by atoms with E-state index in [-0.39, 0.29) is 28.6 Å². The number of rotatable bonds is 7. The van der Waals surface area contributed by atoms with E-state index in [4.69, 9.17) is 13.9 Å². The highest BCUT2D eigenvalue weighted by atomic mass is 16.5. The minimum atomic E-state index is -1.10. The molecule has 1 heterocycles. The Morgan fingerprint density at radius 2 is 1.71 bits per heavy atom. The van der Waals surface area contributed by atoms with Crippen molar-refractivity contribution in [3.8, 4) is 11.5 Å². The van der Waals surface area contributed by atoms with E-state index in [2.05, 4.69) is 0 Å². The third kappa shape index (κ3) is 3.81. The summed E-state index contributed by atoms with van der Waals surface area (Å²) in [6.07, 6.45) is 1.50. The van der Waals surface area contributed by atoms with Crippen molar-refractivity contribution in [2.24, 2.45) is 0 Å². The largest absolute Gasteiger partial charge is 0.491 e. The lowest BCUT2D eigenvalue weighted by molar-refractivity contribution is 0.0697. The molecule has 0 aliphatic carbocycles. The van der Waals surface area contributed by atoms with Crippen LogP contribution in [0, 0.1) is 0 Å². The zero-order valence-corrected chi connectivity index (χ0v) is 16.4. The highest BCUT2D eigenvalue weighted by Crippen LogP contribution is 2.33. The quantitative estimate of drug-likeness (QED) is 0.577. The van der Waals surface area contributed by atoms with Gasteiger partial charge in [-0.1, -0.05) is 13.8 Å². The maximum absolute atomic E-state index is 13.1. The minimum Gasteiger partial charge on any atom is -0.491 e. The maximum Gasteiger partial charge on any atom is 0.335 e. The first-order valence-corrected chi connectivity index (χ1v) is 9.45. The normalized spacial score (nSPS) is 13.4. The Hall–Kier alpha value is -3.02. The Kier molecular flexibility index (Phi) is 5.58. The van der Waals surface area contributed by atoms with Crippen molar-refractivity contribution < 1.29 is 23.8 Å². The van der Waals surface area contributed by atoms with Crippen LogP contribution in [0.5, 0.6) is 11.5 Å². The van der Waals surface area contributed by atoms with Crippen LogP contribution in [0.3, 0.4) is 0 Å². The van der Waals surface area contributed by atoms with Gasteiger partial charge in [-0.05, 0) is 51.0 Å². The highest BCUT2D eigenvalue weighted by Gasteiger charge is 2.18. The fraction of sp³-hybridized carbons (Fsp3) is 0.364. The first kappa shape index (κ1) is 19.7. The molecular formula is C22H24O6. The summed E-state index contributed by atoms with van der Waals surface area (Å²) in [4.78, 5) is 24.4. The molecule has 2 aromatic carbocycles. The van der Waals surface area contributed by atoms with Gasteiger partial charge in [-0.25, -0.2) is 4.79 Å². The van der Waals surface area contributed by atoms with Crippen molar-refractivity contribution in [1.29, 1.82) is 0 Å². The summed E-state index contributed by atoms with van der Waals surface area (Å²) in [6, 6.07) is 7.61. The van der Waals surface area contributed by atoms with Crippen LogP contribution in [-0.2, 0) is 0 Å². The second kappa shape index (κ2) is 7.92. The topological polar surface area (TPSA) is 86.0 Å². The van der Waals surface area contributed by atoms with E-state index in [9.17, 15) is 14.7 Å². The number of fused-ring (bicyclic) bond motifs is 2. The lowest BCUT2D eigenvalue weighted by atomic mass is 10.1. The molecule has 2 atom stereocenters. The standard InChI is InChI=1S/C22H24O6/c1-5-12(3)26-15-10-17-20(23)16-9-14(22(24)25)7-8-18(16)28-21(17)19(11-15)27-13(4)6-2/h7-13H,5-6H2,1-4H3,(H,24,25). The second-order valence-electron chi connectivity index (χ2n) is 6.92. The van der Waals surface area contributed by atoms with E-state index in [0.717, 1.165) is 12.8 Å². The highest BCUT2D eigenvalue weighted by molar-refractivity contribution is 5.97. The van der Waals surface area contributed by atoms with Gasteiger partial charge < -0.3 is 19.0 Å². The van der Waals surface area contributed by atoms with Crippen LogP contribution in [-0.4, -0.2) is 23.3 Å². The molecule has 0 radical (unpaired) electrons. The van der Waals surface area contributed by atoms with Gasteiger partial charge in [0.1, 0.15) is 11.3 Å². The third-order valence-electron chi connectivity index (χ3n) is 4.77. The molecule has 0 aliphatic heterocycles. The van der Waals surface area contributed by atoms with Crippen LogP contribution in [0.1, 0.15) is 50.9 Å². The average molecular weight is 384 g/mol. The Bertz CT molecular complexity index is 1080. The number of carbonyl (C=O) groups is 1. The molecule has 1 aromatic heterocycles. The van der Waals surface area contributed by atoms with Gasteiger partial charge in [-0.2, -0.15) is 0 Å². The molecule has 2 unspecified atom stereocenters. The molecule has 0 saturated heterocycles. The van der Waals surface area contributed by atoms with Gasteiger partial charge in [0, 0.05) is 6.07 Å². The van der Waals surface area contributed by atoms with Crippen molar-refractivity contribution in [2.45, 2.75) is 52.7 Å². The van der Waals surface area contributed by atoms with E-state index in [1.807, 2.05) is 27.7 Å². The van der Waals surface area contributed by atoms with Gasteiger partial charge in [0.05, 0.1) is 28.5 Å². The SMILES string of the molecule is CCC(C)Oc1cc(OC(C)CC)c2oc3ccc(C(=O)O)cc3c(=O)c2c1. The predicted molar refractivity (Wildman–Crippen MR) is 108 cm³/mol. The lowest BCUT2D eigenvalue weighted by Gasteiger charge is -2.18. The molecule has 1 N–H and O–H groups in total. The van der Waals surface area contributed by atoms with E-state index in [1.54, 1.807) is 12.1 Å². The molecule has 6 heteroatoms. The molecule has 0 amide bonds. The van der Waals surface area contributed by atoms with Gasteiger partial charge >= 0.3 is 5.97 Å². The lowest BCUT2D eigenvalue weighted by Crippen LogP contribution is -2.13. The fourth-order valence-electron chi connectivity index (χ4n) is 2.81. The number of aromatic carboxylic acids is 1. The summed E-state index contributed by atoms with van der Waals surface area (Å²) in [5.41, 5.74) is 0.356. The molecule has 148 valence electrons. The summed E-state index contributed by atoms with van der Waals surface area (Å²) in [7, 11) is 0. The predicted octanol–water partition coefficient (Wildman–Crippen LogP) is 5.00. The molecular weight excluding hydrogens is 360 g/mol. The summed E-state index contributed by atoms with van der Waals surface area (Å²) < 4.78 is 17.8. The molecule has 0 spiro atoms.